The van der Waals surface area contributed by atoms with E-state index in [1.807, 2.05) is 0 Å². The summed E-state index contributed by atoms with van der Waals surface area (Å²) < 4.78 is 4.66. The van der Waals surface area contributed by atoms with Crippen LogP contribution in [-0.2, 0) is 6.42 Å². The molecule has 3 rings (SSSR count). The first kappa shape index (κ1) is 13.4. The van der Waals surface area contributed by atoms with Gasteiger partial charge in [-0.3, -0.25) is 0 Å². The standard InChI is InChI=1S/C12H11N5O3S/c1-6-8-10(13-3-2-7-16-5-20-17-7)14-4-15-11(8)21-9(6)12(18)19/h4-5H,2-3H2,1H3,(H,18,19)(H,13,14,15). The van der Waals surface area contributed by atoms with Crippen LogP contribution in [0.1, 0.15) is 21.1 Å². The number of aromatic carboxylic acids is 1. The van der Waals surface area contributed by atoms with E-state index in [0.29, 0.717) is 35.0 Å². The van der Waals surface area contributed by atoms with Gasteiger partial charge in [-0.25, -0.2) is 14.8 Å². The molecule has 0 aromatic carbocycles. The molecule has 0 saturated heterocycles. The van der Waals surface area contributed by atoms with Gasteiger partial charge in [0.15, 0.2) is 5.82 Å². The summed E-state index contributed by atoms with van der Waals surface area (Å²) in [7, 11) is 0. The van der Waals surface area contributed by atoms with Crippen LogP contribution in [0.3, 0.4) is 0 Å². The lowest BCUT2D eigenvalue weighted by atomic mass is 10.2. The maximum atomic E-state index is 11.2. The van der Waals surface area contributed by atoms with Crippen LogP contribution in [0.4, 0.5) is 5.82 Å². The van der Waals surface area contributed by atoms with Crippen LogP contribution in [0.2, 0.25) is 0 Å². The Morgan fingerprint density at radius 2 is 2.29 bits per heavy atom. The van der Waals surface area contributed by atoms with Gasteiger partial charge in [0.1, 0.15) is 21.9 Å². The monoisotopic (exact) mass is 305 g/mol. The lowest BCUT2D eigenvalue weighted by Crippen LogP contribution is -2.08. The molecule has 0 fully saturated rings. The fraction of sp³-hybridized carbons (Fsp3) is 0.250. The van der Waals surface area contributed by atoms with Crippen molar-refractivity contribution >= 4 is 33.3 Å². The second kappa shape index (κ2) is 5.44. The first-order valence-electron chi connectivity index (χ1n) is 6.13. The largest absolute Gasteiger partial charge is 0.477 e. The van der Waals surface area contributed by atoms with Crippen LogP contribution >= 0.6 is 11.3 Å². The number of rotatable bonds is 5. The van der Waals surface area contributed by atoms with Crippen LogP contribution in [0.5, 0.6) is 0 Å². The Morgan fingerprint density at radius 3 is 3.00 bits per heavy atom. The molecule has 0 aliphatic heterocycles. The van der Waals surface area contributed by atoms with Crippen molar-refractivity contribution in [2.24, 2.45) is 0 Å². The van der Waals surface area contributed by atoms with Crippen molar-refractivity contribution in [2.45, 2.75) is 13.3 Å². The fourth-order valence-corrected chi connectivity index (χ4v) is 2.99. The molecule has 0 saturated carbocycles. The molecule has 0 atom stereocenters. The van der Waals surface area contributed by atoms with Gasteiger partial charge in [0.25, 0.3) is 0 Å². The molecule has 21 heavy (non-hydrogen) atoms. The highest BCUT2D eigenvalue weighted by molar-refractivity contribution is 7.20. The van der Waals surface area contributed by atoms with Gasteiger partial charge < -0.3 is 14.9 Å². The molecular formula is C12H11N5O3S. The van der Waals surface area contributed by atoms with Gasteiger partial charge in [-0.15, -0.1) is 11.3 Å². The average molecular weight is 305 g/mol. The quantitative estimate of drug-likeness (QED) is 0.732. The fourth-order valence-electron chi connectivity index (χ4n) is 2.00. The number of aryl methyl sites for hydroxylation is 1. The molecule has 2 N–H and O–H groups in total. The minimum Gasteiger partial charge on any atom is -0.477 e. The van der Waals surface area contributed by atoms with Gasteiger partial charge in [-0.05, 0) is 12.5 Å². The van der Waals surface area contributed by atoms with Crippen LogP contribution in [0.15, 0.2) is 17.2 Å². The summed E-state index contributed by atoms with van der Waals surface area (Å²) >= 11 is 1.15. The molecule has 0 bridgehead atoms. The predicted octanol–water partition coefficient (Wildman–Crippen LogP) is 1.74. The molecule has 0 amide bonds. The number of carboxylic acids is 1. The summed E-state index contributed by atoms with van der Waals surface area (Å²) in [6.07, 6.45) is 3.28. The van der Waals surface area contributed by atoms with Crippen molar-refractivity contribution in [1.29, 1.82) is 0 Å². The van der Waals surface area contributed by atoms with E-state index >= 15 is 0 Å². The number of nitrogens with one attached hydrogen (secondary N) is 1. The third-order valence-electron chi connectivity index (χ3n) is 2.97. The molecule has 8 nitrogen and oxygen atoms in total. The molecule has 0 unspecified atom stereocenters. The maximum absolute atomic E-state index is 11.2. The van der Waals surface area contributed by atoms with E-state index in [4.69, 9.17) is 0 Å². The van der Waals surface area contributed by atoms with Crippen molar-refractivity contribution < 1.29 is 14.4 Å². The normalized spacial score (nSPS) is 10.9. The number of carboxylic acid groups (broad SMARTS) is 1. The number of hydrogen-bond acceptors (Lipinski definition) is 8. The molecule has 3 aromatic rings. The topological polar surface area (TPSA) is 114 Å². The Hall–Kier alpha value is -2.55. The maximum Gasteiger partial charge on any atom is 0.346 e. The van der Waals surface area contributed by atoms with Gasteiger partial charge in [-0.2, -0.15) is 4.98 Å². The number of aromatic nitrogens is 4. The highest BCUT2D eigenvalue weighted by Crippen LogP contribution is 2.33. The summed E-state index contributed by atoms with van der Waals surface area (Å²) in [6.45, 7) is 2.32. The van der Waals surface area contributed by atoms with E-state index in [9.17, 15) is 9.90 Å². The van der Waals surface area contributed by atoms with Crippen molar-refractivity contribution in [2.75, 3.05) is 11.9 Å². The summed E-state index contributed by atoms with van der Waals surface area (Å²) in [5.74, 6) is 0.263. The van der Waals surface area contributed by atoms with E-state index < -0.39 is 5.97 Å². The molecule has 0 aliphatic rings. The minimum absolute atomic E-state index is 0.284. The summed E-state index contributed by atoms with van der Waals surface area (Å²) in [5, 5.41) is 16.8. The van der Waals surface area contributed by atoms with Gasteiger partial charge in [0, 0.05) is 13.0 Å². The van der Waals surface area contributed by atoms with E-state index in [2.05, 4.69) is 29.9 Å². The lowest BCUT2D eigenvalue weighted by Gasteiger charge is -2.05. The zero-order chi connectivity index (χ0) is 14.8. The van der Waals surface area contributed by atoms with Crippen molar-refractivity contribution in [3.63, 3.8) is 0 Å². The van der Waals surface area contributed by atoms with Crippen LogP contribution in [0.25, 0.3) is 10.2 Å². The average Bonchev–Trinajstić information content (AvgIpc) is 3.07. The first-order valence-corrected chi connectivity index (χ1v) is 6.95. The third kappa shape index (κ3) is 2.55. The molecule has 108 valence electrons. The Morgan fingerprint density at radius 1 is 1.43 bits per heavy atom. The Bertz CT molecular complexity index is 784. The number of thiophene rings is 1. The second-order valence-corrected chi connectivity index (χ2v) is 5.29. The van der Waals surface area contributed by atoms with E-state index in [1.54, 1.807) is 6.92 Å². The summed E-state index contributed by atoms with van der Waals surface area (Å²) in [4.78, 5) is 24.4. The van der Waals surface area contributed by atoms with Crippen LogP contribution in [0, 0.1) is 6.92 Å². The van der Waals surface area contributed by atoms with Gasteiger partial charge in [-0.1, -0.05) is 5.16 Å². The Balaban J connectivity index is 1.86. The smallest absolute Gasteiger partial charge is 0.346 e. The molecule has 0 radical (unpaired) electrons. The number of nitrogens with zero attached hydrogens (tertiary/aromatic N) is 4. The second-order valence-electron chi connectivity index (χ2n) is 4.29. The van der Waals surface area contributed by atoms with Gasteiger partial charge in [0.2, 0.25) is 6.39 Å². The van der Waals surface area contributed by atoms with Gasteiger partial charge in [0.05, 0.1) is 5.39 Å². The highest BCUT2D eigenvalue weighted by Gasteiger charge is 2.18. The third-order valence-corrected chi connectivity index (χ3v) is 4.16. The van der Waals surface area contributed by atoms with Gasteiger partial charge >= 0.3 is 5.97 Å². The molecule has 3 heterocycles. The zero-order valence-electron chi connectivity index (χ0n) is 11.0. The zero-order valence-corrected chi connectivity index (χ0v) is 11.8. The summed E-state index contributed by atoms with van der Waals surface area (Å²) in [6, 6.07) is 0. The van der Waals surface area contributed by atoms with E-state index in [1.165, 1.54) is 12.7 Å². The predicted molar refractivity (Wildman–Crippen MR) is 75.6 cm³/mol. The minimum atomic E-state index is -0.951. The lowest BCUT2D eigenvalue weighted by molar-refractivity contribution is 0.0701. The highest BCUT2D eigenvalue weighted by atomic mass is 32.1. The van der Waals surface area contributed by atoms with E-state index in [0.717, 1.165) is 16.7 Å². The SMILES string of the molecule is Cc1c(C(=O)O)sc2ncnc(NCCc3ncon3)c12. The summed E-state index contributed by atoms with van der Waals surface area (Å²) in [5.41, 5.74) is 0.671. The number of anilines is 1. The number of fused-ring (bicyclic) bond motifs is 1. The van der Waals surface area contributed by atoms with Crippen molar-refractivity contribution in [3.05, 3.63) is 29.0 Å². The number of hydrogen-bond donors (Lipinski definition) is 2. The Labute approximate surface area is 122 Å². The Kier molecular flexibility index (Phi) is 3.48. The first-order chi connectivity index (χ1) is 10.2. The molecule has 9 heteroatoms. The van der Waals surface area contributed by atoms with Crippen molar-refractivity contribution in [3.8, 4) is 0 Å². The van der Waals surface area contributed by atoms with Crippen LogP contribution < -0.4 is 5.32 Å². The molecular weight excluding hydrogens is 294 g/mol. The molecule has 0 aliphatic carbocycles. The molecule has 3 aromatic heterocycles. The number of carbonyl (C=O) groups is 1. The van der Waals surface area contributed by atoms with Crippen molar-refractivity contribution in [1.82, 2.24) is 20.1 Å². The van der Waals surface area contributed by atoms with E-state index in [-0.39, 0.29) is 4.88 Å². The molecule has 0 spiro atoms. The van der Waals surface area contributed by atoms with Crippen LogP contribution in [-0.4, -0.2) is 37.7 Å².